The molecule has 1 fully saturated rings. The molecule has 4 rings (SSSR count). The van der Waals surface area contributed by atoms with Crippen molar-refractivity contribution in [3.8, 4) is 0 Å². The molecule has 0 saturated carbocycles. The van der Waals surface area contributed by atoms with E-state index in [2.05, 4.69) is 15.3 Å². The molecule has 1 saturated heterocycles. The van der Waals surface area contributed by atoms with E-state index in [-0.39, 0.29) is 11.8 Å². The van der Waals surface area contributed by atoms with Gasteiger partial charge in [0.25, 0.3) is 0 Å². The minimum atomic E-state index is -0.473. The lowest BCUT2D eigenvalue weighted by molar-refractivity contribution is -0.133. The van der Waals surface area contributed by atoms with Crippen molar-refractivity contribution in [2.24, 2.45) is 0 Å². The number of likely N-dealkylation sites (tertiary alicyclic amines) is 1. The van der Waals surface area contributed by atoms with Crippen molar-refractivity contribution >= 4 is 28.5 Å². The number of amides is 2. The number of aromatic amines is 1. The molecule has 2 N–H and O–H groups in total. The number of aryl methyl sites for hydroxylation is 1. The van der Waals surface area contributed by atoms with Gasteiger partial charge in [0, 0.05) is 36.3 Å². The van der Waals surface area contributed by atoms with E-state index < -0.39 is 6.04 Å². The number of pyridine rings is 1. The SMILES string of the molecule is Cc1ccc(NC(=O)C2CCC(=O)N2Cc2c[nH]c3ccccc23)nc1. The number of nitrogens with one attached hydrogen (secondary N) is 2. The molecular weight excluding hydrogens is 328 g/mol. The third-order valence-corrected chi connectivity index (χ3v) is 4.81. The van der Waals surface area contributed by atoms with Crippen LogP contribution in [0.4, 0.5) is 5.82 Å². The Balaban J connectivity index is 1.53. The first-order valence-corrected chi connectivity index (χ1v) is 8.70. The van der Waals surface area contributed by atoms with Gasteiger partial charge in [0.05, 0.1) is 0 Å². The van der Waals surface area contributed by atoms with Gasteiger partial charge in [-0.25, -0.2) is 4.98 Å². The van der Waals surface area contributed by atoms with Gasteiger partial charge < -0.3 is 15.2 Å². The predicted octanol–water partition coefficient (Wildman–Crippen LogP) is 3.00. The van der Waals surface area contributed by atoms with Crippen molar-refractivity contribution < 1.29 is 9.59 Å². The standard InChI is InChI=1S/C20H20N4O2/c1-13-6-8-18(22-10-13)23-20(26)17-7-9-19(25)24(17)12-14-11-21-16-5-3-2-4-15(14)16/h2-6,8,10-11,17,21H,7,9,12H2,1H3,(H,22,23,26). The summed E-state index contributed by atoms with van der Waals surface area (Å²) < 4.78 is 0. The number of rotatable bonds is 4. The fourth-order valence-corrected chi connectivity index (χ4v) is 3.40. The number of hydrogen-bond acceptors (Lipinski definition) is 3. The van der Waals surface area contributed by atoms with Crippen LogP contribution in [-0.2, 0) is 16.1 Å². The van der Waals surface area contributed by atoms with Crippen LogP contribution in [-0.4, -0.2) is 32.7 Å². The Kier molecular flexibility index (Phi) is 4.16. The first-order valence-electron chi connectivity index (χ1n) is 8.70. The van der Waals surface area contributed by atoms with Crippen LogP contribution in [0.3, 0.4) is 0 Å². The second-order valence-electron chi connectivity index (χ2n) is 6.65. The van der Waals surface area contributed by atoms with E-state index >= 15 is 0 Å². The molecule has 1 aromatic carbocycles. The van der Waals surface area contributed by atoms with E-state index in [1.807, 2.05) is 43.5 Å². The molecule has 6 nitrogen and oxygen atoms in total. The van der Waals surface area contributed by atoms with Crippen LogP contribution < -0.4 is 5.32 Å². The van der Waals surface area contributed by atoms with Crippen molar-refractivity contribution in [2.45, 2.75) is 32.4 Å². The van der Waals surface area contributed by atoms with E-state index in [1.54, 1.807) is 17.2 Å². The van der Waals surface area contributed by atoms with Crippen LogP contribution in [0.1, 0.15) is 24.0 Å². The number of hydrogen-bond donors (Lipinski definition) is 2. The second-order valence-corrected chi connectivity index (χ2v) is 6.65. The third-order valence-electron chi connectivity index (χ3n) is 4.81. The molecule has 1 aliphatic rings. The number of carbonyl (C=O) groups excluding carboxylic acids is 2. The number of benzene rings is 1. The topological polar surface area (TPSA) is 78.1 Å². The molecule has 132 valence electrons. The Morgan fingerprint density at radius 3 is 2.96 bits per heavy atom. The molecular formula is C20H20N4O2. The van der Waals surface area contributed by atoms with Gasteiger partial charge in [0.1, 0.15) is 11.9 Å². The zero-order chi connectivity index (χ0) is 18.1. The van der Waals surface area contributed by atoms with Gasteiger partial charge in [-0.2, -0.15) is 0 Å². The van der Waals surface area contributed by atoms with Gasteiger partial charge in [-0.1, -0.05) is 24.3 Å². The molecule has 6 heteroatoms. The first-order chi connectivity index (χ1) is 12.6. The number of para-hydroxylation sites is 1. The number of H-pyrrole nitrogens is 1. The molecule has 0 bridgehead atoms. The van der Waals surface area contributed by atoms with Crippen LogP contribution in [0.25, 0.3) is 10.9 Å². The van der Waals surface area contributed by atoms with E-state index in [4.69, 9.17) is 0 Å². The number of carbonyl (C=O) groups is 2. The quantitative estimate of drug-likeness (QED) is 0.761. The van der Waals surface area contributed by atoms with Crippen molar-refractivity contribution in [3.63, 3.8) is 0 Å². The zero-order valence-electron chi connectivity index (χ0n) is 14.5. The zero-order valence-corrected chi connectivity index (χ0v) is 14.5. The first kappa shape index (κ1) is 16.3. The number of anilines is 1. The van der Waals surface area contributed by atoms with Crippen LogP contribution >= 0.6 is 0 Å². The van der Waals surface area contributed by atoms with Crippen LogP contribution in [0.15, 0.2) is 48.8 Å². The minimum Gasteiger partial charge on any atom is -0.361 e. The third kappa shape index (κ3) is 3.06. The average Bonchev–Trinajstić information content (AvgIpc) is 3.22. The van der Waals surface area contributed by atoms with E-state index in [0.717, 1.165) is 22.0 Å². The van der Waals surface area contributed by atoms with Crippen LogP contribution in [0.5, 0.6) is 0 Å². The predicted molar refractivity (Wildman–Crippen MR) is 99.5 cm³/mol. The summed E-state index contributed by atoms with van der Waals surface area (Å²) in [5, 5.41) is 3.90. The molecule has 26 heavy (non-hydrogen) atoms. The van der Waals surface area contributed by atoms with Crippen LogP contribution in [0, 0.1) is 6.92 Å². The van der Waals surface area contributed by atoms with Gasteiger partial charge in [0.2, 0.25) is 11.8 Å². The lowest BCUT2D eigenvalue weighted by atomic mass is 10.1. The van der Waals surface area contributed by atoms with Crippen molar-refractivity contribution in [1.29, 1.82) is 0 Å². The summed E-state index contributed by atoms with van der Waals surface area (Å²) in [5.74, 6) is 0.325. The summed E-state index contributed by atoms with van der Waals surface area (Å²) in [6.07, 6.45) is 4.53. The molecule has 0 radical (unpaired) electrons. The second kappa shape index (κ2) is 6.63. The highest BCUT2D eigenvalue weighted by atomic mass is 16.2. The van der Waals surface area contributed by atoms with Gasteiger partial charge in [0.15, 0.2) is 0 Å². The van der Waals surface area contributed by atoms with Gasteiger partial charge in [-0.15, -0.1) is 0 Å². The Morgan fingerprint density at radius 1 is 1.31 bits per heavy atom. The number of fused-ring (bicyclic) bond motifs is 1. The van der Waals surface area contributed by atoms with E-state index in [9.17, 15) is 9.59 Å². The van der Waals surface area contributed by atoms with E-state index in [1.165, 1.54) is 0 Å². The molecule has 3 heterocycles. The average molecular weight is 348 g/mol. The van der Waals surface area contributed by atoms with Gasteiger partial charge >= 0.3 is 0 Å². The summed E-state index contributed by atoms with van der Waals surface area (Å²) in [6, 6.07) is 11.2. The van der Waals surface area contributed by atoms with Crippen LogP contribution in [0.2, 0.25) is 0 Å². The highest BCUT2D eigenvalue weighted by molar-refractivity contribution is 5.98. The minimum absolute atomic E-state index is 0.00676. The Bertz CT molecular complexity index is 961. The summed E-state index contributed by atoms with van der Waals surface area (Å²) >= 11 is 0. The maximum Gasteiger partial charge on any atom is 0.248 e. The normalized spacial score (nSPS) is 17.0. The lowest BCUT2D eigenvalue weighted by Gasteiger charge is -2.23. The molecule has 1 unspecified atom stereocenters. The molecule has 2 aromatic heterocycles. The Labute approximate surface area is 151 Å². The van der Waals surface area contributed by atoms with Crippen molar-refractivity contribution in [2.75, 3.05) is 5.32 Å². The summed E-state index contributed by atoms with van der Waals surface area (Å²) in [6.45, 7) is 2.36. The fraction of sp³-hybridized carbons (Fsp3) is 0.250. The molecule has 3 aromatic rings. The lowest BCUT2D eigenvalue weighted by Crippen LogP contribution is -2.41. The van der Waals surface area contributed by atoms with Crippen molar-refractivity contribution in [1.82, 2.24) is 14.9 Å². The Hall–Kier alpha value is -3.15. The molecule has 0 aliphatic carbocycles. The van der Waals surface area contributed by atoms with E-state index in [0.29, 0.717) is 25.2 Å². The number of nitrogens with zero attached hydrogens (tertiary/aromatic N) is 2. The maximum absolute atomic E-state index is 12.7. The summed E-state index contributed by atoms with van der Waals surface area (Å²) in [4.78, 5) is 34.2. The molecule has 1 aliphatic heterocycles. The monoisotopic (exact) mass is 348 g/mol. The molecule has 2 amide bonds. The largest absolute Gasteiger partial charge is 0.361 e. The highest BCUT2D eigenvalue weighted by Gasteiger charge is 2.36. The molecule has 1 atom stereocenters. The highest BCUT2D eigenvalue weighted by Crippen LogP contribution is 2.26. The maximum atomic E-state index is 12.7. The fourth-order valence-electron chi connectivity index (χ4n) is 3.40. The Morgan fingerprint density at radius 2 is 2.15 bits per heavy atom. The summed E-state index contributed by atoms with van der Waals surface area (Å²) in [7, 11) is 0. The number of aromatic nitrogens is 2. The summed E-state index contributed by atoms with van der Waals surface area (Å²) in [5.41, 5.74) is 3.07. The van der Waals surface area contributed by atoms with Gasteiger partial charge in [-0.3, -0.25) is 9.59 Å². The molecule has 0 spiro atoms. The smallest absolute Gasteiger partial charge is 0.248 e. The van der Waals surface area contributed by atoms with Gasteiger partial charge in [-0.05, 0) is 36.6 Å². The van der Waals surface area contributed by atoms with Crippen molar-refractivity contribution in [3.05, 3.63) is 59.9 Å².